The Hall–Kier alpha value is -2.63. The number of benzene rings is 1. The Bertz CT molecular complexity index is 760. The second kappa shape index (κ2) is 10.2. The first kappa shape index (κ1) is 21.1. The van der Waals surface area contributed by atoms with E-state index in [1.807, 2.05) is 4.90 Å². The molecule has 1 aliphatic carbocycles. The van der Waals surface area contributed by atoms with Gasteiger partial charge in [0.15, 0.2) is 0 Å². The summed E-state index contributed by atoms with van der Waals surface area (Å²) in [4.78, 5) is 37.9. The lowest BCUT2D eigenvalue weighted by Crippen LogP contribution is -2.46. The number of ether oxygens (including phenoxy) is 1. The maximum atomic E-state index is 12.5. The van der Waals surface area contributed by atoms with Gasteiger partial charge in [-0.2, -0.15) is 0 Å². The van der Waals surface area contributed by atoms with Gasteiger partial charge in [0, 0.05) is 31.6 Å². The molecule has 2 fully saturated rings. The Morgan fingerprint density at radius 2 is 1.79 bits per heavy atom. The van der Waals surface area contributed by atoms with Gasteiger partial charge in [0.05, 0.1) is 0 Å². The van der Waals surface area contributed by atoms with E-state index < -0.39 is 5.97 Å². The van der Waals surface area contributed by atoms with E-state index >= 15 is 0 Å². The number of hydrogen-bond acceptors (Lipinski definition) is 4. The van der Waals surface area contributed by atoms with E-state index in [1.165, 1.54) is 39.0 Å². The molecule has 0 spiro atoms. The molecular formula is C23H30N2O4. The van der Waals surface area contributed by atoms with Crippen molar-refractivity contribution in [1.29, 1.82) is 0 Å². The number of allylic oxidation sites excluding steroid dienone is 1. The van der Waals surface area contributed by atoms with E-state index in [-0.39, 0.29) is 17.9 Å². The molecule has 156 valence electrons. The zero-order valence-corrected chi connectivity index (χ0v) is 17.1. The summed E-state index contributed by atoms with van der Waals surface area (Å²) in [6.07, 6.45) is 11.5. The van der Waals surface area contributed by atoms with Crippen molar-refractivity contribution in [2.45, 2.75) is 57.9 Å². The molecule has 6 heteroatoms. The molecular weight excluding hydrogens is 368 g/mol. The van der Waals surface area contributed by atoms with Crippen LogP contribution in [0, 0.1) is 5.92 Å². The van der Waals surface area contributed by atoms with Crippen LogP contribution < -0.4 is 10.1 Å². The molecule has 1 aromatic rings. The van der Waals surface area contributed by atoms with Crippen molar-refractivity contribution in [1.82, 2.24) is 10.2 Å². The molecule has 1 saturated heterocycles. The predicted molar refractivity (Wildman–Crippen MR) is 111 cm³/mol. The fourth-order valence-corrected chi connectivity index (χ4v) is 4.03. The van der Waals surface area contributed by atoms with Crippen molar-refractivity contribution in [3.05, 3.63) is 42.0 Å². The number of likely N-dealkylation sites (tertiary alicyclic amines) is 1. The van der Waals surface area contributed by atoms with Crippen molar-refractivity contribution in [3.63, 3.8) is 0 Å². The highest BCUT2D eigenvalue weighted by Gasteiger charge is 2.23. The monoisotopic (exact) mass is 398 g/mol. The van der Waals surface area contributed by atoms with Crippen LogP contribution in [0.4, 0.5) is 0 Å². The summed E-state index contributed by atoms with van der Waals surface area (Å²) in [5.74, 6) is 0.370. The lowest BCUT2D eigenvalue weighted by molar-refractivity contribution is -0.132. The third-order valence-electron chi connectivity index (χ3n) is 5.66. The minimum Gasteiger partial charge on any atom is -0.427 e. The highest BCUT2D eigenvalue weighted by Crippen LogP contribution is 2.24. The largest absolute Gasteiger partial charge is 0.427 e. The number of nitrogens with zero attached hydrogens (tertiary/aromatic N) is 1. The number of esters is 1. The summed E-state index contributed by atoms with van der Waals surface area (Å²) < 4.78 is 5.03. The molecule has 0 radical (unpaired) electrons. The molecule has 1 N–H and O–H groups in total. The number of piperidine rings is 1. The molecule has 6 nitrogen and oxygen atoms in total. The van der Waals surface area contributed by atoms with Gasteiger partial charge in [-0.3, -0.25) is 14.4 Å². The Morgan fingerprint density at radius 3 is 2.48 bits per heavy atom. The van der Waals surface area contributed by atoms with Crippen molar-refractivity contribution in [2.24, 2.45) is 5.92 Å². The lowest BCUT2D eigenvalue weighted by Gasteiger charge is -2.32. The van der Waals surface area contributed by atoms with Crippen molar-refractivity contribution in [2.75, 3.05) is 13.1 Å². The van der Waals surface area contributed by atoms with E-state index in [9.17, 15) is 14.4 Å². The van der Waals surface area contributed by atoms with Crippen LogP contribution in [-0.4, -0.2) is 41.8 Å². The van der Waals surface area contributed by atoms with Gasteiger partial charge >= 0.3 is 5.97 Å². The Labute approximate surface area is 172 Å². The molecule has 0 bridgehead atoms. The van der Waals surface area contributed by atoms with E-state index in [1.54, 1.807) is 30.3 Å². The Kier molecular flexibility index (Phi) is 7.44. The molecule has 1 saturated carbocycles. The topological polar surface area (TPSA) is 75.7 Å². The van der Waals surface area contributed by atoms with Crippen LogP contribution in [0.1, 0.15) is 62.2 Å². The van der Waals surface area contributed by atoms with E-state index in [0.717, 1.165) is 12.8 Å². The molecule has 29 heavy (non-hydrogen) atoms. The number of nitrogens with one attached hydrogen (secondary N) is 1. The average molecular weight is 399 g/mol. The summed E-state index contributed by atoms with van der Waals surface area (Å²) >= 11 is 0. The summed E-state index contributed by atoms with van der Waals surface area (Å²) in [5, 5.41) is 3.02. The molecule has 2 amide bonds. The summed E-state index contributed by atoms with van der Waals surface area (Å²) in [6, 6.07) is 6.62. The first-order valence-corrected chi connectivity index (χ1v) is 10.6. The number of amides is 2. The number of carbonyl (C=O) groups is 3. The van der Waals surface area contributed by atoms with Gasteiger partial charge in [-0.1, -0.05) is 31.4 Å². The van der Waals surface area contributed by atoms with Gasteiger partial charge in [-0.15, -0.1) is 0 Å². The maximum absolute atomic E-state index is 12.5. The van der Waals surface area contributed by atoms with Crippen LogP contribution in [0.3, 0.4) is 0 Å². The first-order chi connectivity index (χ1) is 14.0. The number of hydrogen-bond donors (Lipinski definition) is 1. The summed E-state index contributed by atoms with van der Waals surface area (Å²) in [7, 11) is 0. The van der Waals surface area contributed by atoms with Crippen LogP contribution in [0.2, 0.25) is 0 Å². The highest BCUT2D eigenvalue weighted by molar-refractivity contribution is 5.95. The number of carbonyl (C=O) groups excluding carboxylic acids is 3. The van der Waals surface area contributed by atoms with Crippen LogP contribution in [0.25, 0.3) is 0 Å². The number of rotatable bonds is 5. The van der Waals surface area contributed by atoms with Crippen molar-refractivity contribution in [3.8, 4) is 5.75 Å². The maximum Gasteiger partial charge on any atom is 0.308 e. The third kappa shape index (κ3) is 6.44. The lowest BCUT2D eigenvalue weighted by atomic mass is 9.89. The molecule has 0 atom stereocenters. The third-order valence-corrected chi connectivity index (χ3v) is 5.66. The van der Waals surface area contributed by atoms with Crippen molar-refractivity contribution < 1.29 is 19.1 Å². The molecule has 1 aromatic carbocycles. The van der Waals surface area contributed by atoms with Gasteiger partial charge in [0.1, 0.15) is 5.75 Å². The quantitative estimate of drug-likeness (QED) is 0.468. The predicted octanol–water partition coefficient (Wildman–Crippen LogP) is 3.47. The second-order valence-electron chi connectivity index (χ2n) is 7.95. The Morgan fingerprint density at radius 1 is 1.07 bits per heavy atom. The zero-order chi connectivity index (χ0) is 20.6. The fourth-order valence-electron chi connectivity index (χ4n) is 4.03. The van der Waals surface area contributed by atoms with E-state index in [0.29, 0.717) is 30.3 Å². The zero-order valence-electron chi connectivity index (χ0n) is 17.1. The van der Waals surface area contributed by atoms with Crippen molar-refractivity contribution >= 4 is 17.8 Å². The van der Waals surface area contributed by atoms with E-state index in [2.05, 4.69) is 11.4 Å². The highest BCUT2D eigenvalue weighted by atomic mass is 16.5. The van der Waals surface area contributed by atoms with Gasteiger partial charge < -0.3 is 15.0 Å². The molecule has 1 aliphatic heterocycles. The first-order valence-electron chi connectivity index (χ1n) is 10.6. The normalized spacial score (nSPS) is 18.6. The van der Waals surface area contributed by atoms with Crippen LogP contribution in [0.15, 0.2) is 36.4 Å². The SMILES string of the molecule is CC(=O)Oc1cccc(C(=O)NC2CCN(C(=O)/C=C/C3CCCCC3)CC2)c1. The standard InChI is InChI=1S/C23H30N2O4/c1-17(26)29-21-9-5-8-19(16-21)23(28)24-20-12-14-25(15-13-20)22(27)11-10-18-6-3-2-4-7-18/h5,8-11,16,18,20H,2-4,6-7,12-15H2,1H3,(H,24,28)/b11-10+. The second-order valence-corrected chi connectivity index (χ2v) is 7.95. The molecule has 3 rings (SSSR count). The van der Waals surface area contributed by atoms with Gasteiger partial charge in [0.2, 0.25) is 5.91 Å². The van der Waals surface area contributed by atoms with Crippen LogP contribution in [0.5, 0.6) is 5.75 Å². The van der Waals surface area contributed by atoms with Gasteiger partial charge in [0.25, 0.3) is 5.91 Å². The molecule has 1 heterocycles. The molecule has 0 aromatic heterocycles. The van der Waals surface area contributed by atoms with Gasteiger partial charge in [-0.25, -0.2) is 0 Å². The van der Waals surface area contributed by atoms with Gasteiger partial charge in [-0.05, 0) is 55.9 Å². The average Bonchev–Trinajstić information content (AvgIpc) is 2.73. The molecule has 2 aliphatic rings. The minimum atomic E-state index is -0.419. The smallest absolute Gasteiger partial charge is 0.308 e. The molecule has 0 unspecified atom stereocenters. The van der Waals surface area contributed by atoms with Crippen LogP contribution in [-0.2, 0) is 9.59 Å². The summed E-state index contributed by atoms with van der Waals surface area (Å²) in [5.41, 5.74) is 0.456. The summed E-state index contributed by atoms with van der Waals surface area (Å²) in [6.45, 7) is 2.62. The van der Waals surface area contributed by atoms with E-state index in [4.69, 9.17) is 4.74 Å². The Balaban J connectivity index is 1.45. The fraction of sp³-hybridized carbons (Fsp3) is 0.522. The minimum absolute atomic E-state index is 0.0336. The van der Waals surface area contributed by atoms with Crippen LogP contribution >= 0.6 is 0 Å².